The van der Waals surface area contributed by atoms with Crippen LogP contribution in [0.25, 0.3) is 17.1 Å². The molecular formula is C30H26N4O4. The highest BCUT2D eigenvalue weighted by Gasteiger charge is 2.15. The summed E-state index contributed by atoms with van der Waals surface area (Å²) in [5, 5.41) is 13.8. The van der Waals surface area contributed by atoms with E-state index in [1.165, 1.54) is 0 Å². The minimum atomic E-state index is 0.200. The summed E-state index contributed by atoms with van der Waals surface area (Å²) < 4.78 is 25.1. The largest absolute Gasteiger partial charge is 0.493 e. The Bertz CT molecular complexity index is 1550. The predicted molar refractivity (Wildman–Crippen MR) is 141 cm³/mol. The Morgan fingerprint density at radius 2 is 1.68 bits per heavy atom. The number of rotatable bonds is 10. The molecule has 2 aromatic heterocycles. The maximum atomic E-state index is 9.23. The lowest BCUT2D eigenvalue weighted by Crippen LogP contribution is -2.02. The molecule has 5 rings (SSSR count). The molecule has 0 unspecified atom stereocenters. The Kier molecular flexibility index (Phi) is 7.37. The van der Waals surface area contributed by atoms with Gasteiger partial charge in [-0.25, -0.2) is 9.67 Å². The van der Waals surface area contributed by atoms with Crippen molar-refractivity contribution >= 4 is 0 Å². The zero-order chi connectivity index (χ0) is 26.3. The van der Waals surface area contributed by atoms with E-state index < -0.39 is 0 Å². The molecule has 0 spiro atoms. The fourth-order valence-electron chi connectivity index (χ4n) is 3.92. The van der Waals surface area contributed by atoms with Crippen molar-refractivity contribution in [2.45, 2.75) is 26.6 Å². The second-order valence-corrected chi connectivity index (χ2v) is 8.52. The van der Waals surface area contributed by atoms with Crippen LogP contribution < -0.4 is 14.2 Å². The quantitative estimate of drug-likeness (QED) is 0.227. The highest BCUT2D eigenvalue weighted by atomic mass is 16.5. The maximum absolute atomic E-state index is 9.23. The van der Waals surface area contributed by atoms with Gasteiger partial charge in [0, 0.05) is 17.3 Å². The van der Waals surface area contributed by atoms with E-state index in [0.717, 1.165) is 28.1 Å². The third-order valence-electron chi connectivity index (χ3n) is 5.92. The third-order valence-corrected chi connectivity index (χ3v) is 5.92. The molecule has 3 aromatic carbocycles. The zero-order valence-electron chi connectivity index (χ0n) is 21.1. The fourth-order valence-corrected chi connectivity index (χ4v) is 3.92. The molecule has 2 heterocycles. The van der Waals surface area contributed by atoms with Gasteiger partial charge >= 0.3 is 0 Å². The number of ether oxygens (including phenoxy) is 3. The van der Waals surface area contributed by atoms with E-state index >= 15 is 0 Å². The first kappa shape index (κ1) is 24.7. The lowest BCUT2D eigenvalue weighted by molar-refractivity contribution is 0.275. The van der Waals surface area contributed by atoms with Gasteiger partial charge in [0.05, 0.1) is 25.3 Å². The van der Waals surface area contributed by atoms with Crippen LogP contribution in [-0.4, -0.2) is 21.9 Å². The Balaban J connectivity index is 1.27. The number of oxazole rings is 1. The van der Waals surface area contributed by atoms with E-state index in [1.807, 2.05) is 92.0 Å². The average Bonchev–Trinajstić information content (AvgIpc) is 3.55. The van der Waals surface area contributed by atoms with E-state index in [1.54, 1.807) is 11.8 Å². The highest BCUT2D eigenvalue weighted by molar-refractivity contribution is 5.53. The van der Waals surface area contributed by atoms with Crippen LogP contribution in [0.2, 0.25) is 0 Å². The van der Waals surface area contributed by atoms with Gasteiger partial charge in [-0.2, -0.15) is 5.26 Å². The number of nitriles is 1. The molecule has 0 atom stereocenters. The van der Waals surface area contributed by atoms with Gasteiger partial charge in [-0.1, -0.05) is 42.5 Å². The topological polar surface area (TPSA) is 95.3 Å². The molecule has 0 radical (unpaired) electrons. The number of methoxy groups -OCH3 is 1. The summed E-state index contributed by atoms with van der Waals surface area (Å²) in [4.78, 5) is 4.59. The summed E-state index contributed by atoms with van der Waals surface area (Å²) in [5.74, 6) is 2.84. The van der Waals surface area contributed by atoms with E-state index in [4.69, 9.17) is 18.6 Å². The molecule has 38 heavy (non-hydrogen) atoms. The van der Waals surface area contributed by atoms with Crippen molar-refractivity contribution < 1.29 is 18.6 Å². The van der Waals surface area contributed by atoms with Crippen LogP contribution in [0.4, 0.5) is 0 Å². The number of hydrogen-bond acceptors (Lipinski definition) is 7. The second-order valence-electron chi connectivity index (χ2n) is 8.52. The van der Waals surface area contributed by atoms with Gasteiger partial charge < -0.3 is 18.6 Å². The number of aryl methyl sites for hydroxylation is 1. The lowest BCUT2D eigenvalue weighted by atomic mass is 10.2. The van der Waals surface area contributed by atoms with Crippen molar-refractivity contribution in [2.24, 2.45) is 0 Å². The van der Waals surface area contributed by atoms with E-state index in [0.29, 0.717) is 29.0 Å². The normalized spacial score (nSPS) is 10.7. The molecule has 0 aliphatic carbocycles. The van der Waals surface area contributed by atoms with E-state index in [9.17, 15) is 5.26 Å². The summed E-state index contributed by atoms with van der Waals surface area (Å²) in [6.07, 6.45) is 2.02. The SMILES string of the molecule is COc1cc(COc2nn(-c3ccccc3)cc2CC#N)ccc1OCc1nc(-c2ccccc2)oc1C. The van der Waals surface area contributed by atoms with Crippen LogP contribution in [-0.2, 0) is 19.6 Å². The summed E-state index contributed by atoms with van der Waals surface area (Å²) in [7, 11) is 1.59. The Morgan fingerprint density at radius 3 is 2.42 bits per heavy atom. The van der Waals surface area contributed by atoms with Gasteiger partial charge in [-0.05, 0) is 48.9 Å². The number of nitrogens with zero attached hydrogens (tertiary/aromatic N) is 4. The lowest BCUT2D eigenvalue weighted by Gasteiger charge is -2.12. The minimum Gasteiger partial charge on any atom is -0.493 e. The fraction of sp³-hybridized carbons (Fsp3) is 0.167. The van der Waals surface area contributed by atoms with Gasteiger partial charge in [-0.15, -0.1) is 5.10 Å². The Labute approximate surface area is 220 Å². The molecule has 0 fully saturated rings. The Hall–Kier alpha value is -5.03. The molecule has 8 heteroatoms. The van der Waals surface area contributed by atoms with Gasteiger partial charge in [-0.3, -0.25) is 0 Å². The van der Waals surface area contributed by atoms with E-state index in [2.05, 4.69) is 16.2 Å². The first-order valence-corrected chi connectivity index (χ1v) is 12.1. The summed E-state index contributed by atoms with van der Waals surface area (Å²) in [6.45, 7) is 2.36. The predicted octanol–water partition coefficient (Wildman–Crippen LogP) is 6.07. The van der Waals surface area contributed by atoms with Crippen LogP contribution in [0.5, 0.6) is 17.4 Å². The number of aromatic nitrogens is 3. The van der Waals surface area contributed by atoms with Gasteiger partial charge in [0.25, 0.3) is 0 Å². The van der Waals surface area contributed by atoms with Crippen LogP contribution >= 0.6 is 0 Å². The minimum absolute atomic E-state index is 0.200. The molecule has 0 bridgehead atoms. The number of benzene rings is 3. The summed E-state index contributed by atoms with van der Waals surface area (Å²) in [5.41, 5.74) is 4.12. The maximum Gasteiger partial charge on any atom is 0.237 e. The molecule has 0 aliphatic rings. The van der Waals surface area contributed by atoms with E-state index in [-0.39, 0.29) is 19.6 Å². The molecule has 0 saturated carbocycles. The molecule has 0 N–H and O–H groups in total. The smallest absolute Gasteiger partial charge is 0.237 e. The van der Waals surface area contributed by atoms with Gasteiger partial charge in [0.2, 0.25) is 11.8 Å². The van der Waals surface area contributed by atoms with Crippen LogP contribution in [0, 0.1) is 18.3 Å². The second kappa shape index (κ2) is 11.4. The summed E-state index contributed by atoms with van der Waals surface area (Å²) in [6, 6.07) is 27.2. The van der Waals surface area contributed by atoms with Crippen LogP contribution in [0.3, 0.4) is 0 Å². The zero-order valence-corrected chi connectivity index (χ0v) is 21.1. The molecule has 8 nitrogen and oxygen atoms in total. The monoisotopic (exact) mass is 506 g/mol. The average molecular weight is 507 g/mol. The van der Waals surface area contributed by atoms with Crippen molar-refractivity contribution in [3.8, 4) is 40.6 Å². The van der Waals surface area contributed by atoms with Gasteiger partial charge in [0.1, 0.15) is 24.7 Å². The third kappa shape index (κ3) is 5.52. The van der Waals surface area contributed by atoms with Crippen molar-refractivity contribution in [2.75, 3.05) is 7.11 Å². The molecule has 190 valence electrons. The molecular weight excluding hydrogens is 480 g/mol. The van der Waals surface area contributed by atoms with Crippen molar-refractivity contribution in [3.63, 3.8) is 0 Å². The summed E-state index contributed by atoms with van der Waals surface area (Å²) >= 11 is 0. The standard InChI is InChI=1S/C30H26N4O4/c1-21-26(32-29(38-21)23-9-5-3-6-10-23)20-36-27-14-13-22(17-28(27)35-2)19-37-30-24(15-16-31)18-34(33-30)25-11-7-4-8-12-25/h3-14,17-18H,15,19-20H2,1-2H3. The first-order valence-electron chi connectivity index (χ1n) is 12.1. The Morgan fingerprint density at radius 1 is 0.921 bits per heavy atom. The molecule has 0 amide bonds. The first-order chi connectivity index (χ1) is 18.6. The molecule has 0 saturated heterocycles. The van der Waals surface area contributed by atoms with Crippen LogP contribution in [0.1, 0.15) is 22.6 Å². The molecule has 0 aliphatic heterocycles. The van der Waals surface area contributed by atoms with Crippen molar-refractivity contribution in [1.82, 2.24) is 14.8 Å². The number of para-hydroxylation sites is 1. The van der Waals surface area contributed by atoms with Crippen molar-refractivity contribution in [1.29, 1.82) is 5.26 Å². The highest BCUT2D eigenvalue weighted by Crippen LogP contribution is 2.30. The van der Waals surface area contributed by atoms with Crippen LogP contribution in [0.15, 0.2) is 89.5 Å². The van der Waals surface area contributed by atoms with Gasteiger partial charge in [0.15, 0.2) is 11.5 Å². The number of hydrogen-bond donors (Lipinski definition) is 0. The molecule has 5 aromatic rings. The van der Waals surface area contributed by atoms with Crippen molar-refractivity contribution in [3.05, 3.63) is 108 Å².